The average molecular weight is 358 g/mol. The SMILES string of the molecule is O=c1oc2ccc3ccccc3c2cc1-c1nnc(-c2cccc(F)c2)o1. The van der Waals surface area contributed by atoms with E-state index in [4.69, 9.17) is 8.83 Å². The number of rotatable bonds is 2. The molecule has 130 valence electrons. The summed E-state index contributed by atoms with van der Waals surface area (Å²) in [5.41, 5.74) is 0.498. The maximum absolute atomic E-state index is 13.4. The van der Waals surface area contributed by atoms with E-state index in [2.05, 4.69) is 10.2 Å². The minimum Gasteiger partial charge on any atom is -0.422 e. The van der Waals surface area contributed by atoms with Crippen LogP contribution in [0, 0.1) is 5.82 Å². The minimum absolute atomic E-state index is 0.0258. The number of benzene rings is 3. The Morgan fingerprint density at radius 3 is 2.52 bits per heavy atom. The summed E-state index contributed by atoms with van der Waals surface area (Å²) in [5.74, 6) is -0.260. The van der Waals surface area contributed by atoms with Crippen LogP contribution in [0.5, 0.6) is 0 Å². The first-order valence-electron chi connectivity index (χ1n) is 8.24. The van der Waals surface area contributed by atoms with Gasteiger partial charge in [-0.05, 0) is 41.1 Å². The lowest BCUT2D eigenvalue weighted by atomic mass is 10.0. The highest BCUT2D eigenvalue weighted by Crippen LogP contribution is 2.28. The summed E-state index contributed by atoms with van der Waals surface area (Å²) in [6.45, 7) is 0. The quantitative estimate of drug-likeness (QED) is 0.335. The van der Waals surface area contributed by atoms with Gasteiger partial charge in [0, 0.05) is 10.9 Å². The molecule has 0 bridgehead atoms. The van der Waals surface area contributed by atoms with Crippen molar-refractivity contribution < 1.29 is 13.2 Å². The van der Waals surface area contributed by atoms with E-state index in [0.29, 0.717) is 11.1 Å². The van der Waals surface area contributed by atoms with Crippen LogP contribution in [0.1, 0.15) is 0 Å². The molecule has 5 aromatic rings. The van der Waals surface area contributed by atoms with E-state index >= 15 is 0 Å². The fourth-order valence-electron chi connectivity index (χ4n) is 3.09. The number of hydrogen-bond acceptors (Lipinski definition) is 5. The molecule has 0 N–H and O–H groups in total. The fourth-order valence-corrected chi connectivity index (χ4v) is 3.09. The van der Waals surface area contributed by atoms with Crippen LogP contribution in [0.4, 0.5) is 4.39 Å². The second-order valence-electron chi connectivity index (χ2n) is 6.07. The Bertz CT molecular complexity index is 1370. The highest BCUT2D eigenvalue weighted by Gasteiger charge is 2.17. The molecule has 5 nitrogen and oxygen atoms in total. The van der Waals surface area contributed by atoms with E-state index in [9.17, 15) is 9.18 Å². The van der Waals surface area contributed by atoms with E-state index in [1.807, 2.05) is 30.3 Å². The molecule has 2 heterocycles. The van der Waals surface area contributed by atoms with E-state index < -0.39 is 11.4 Å². The molecule has 0 aliphatic heterocycles. The van der Waals surface area contributed by atoms with Gasteiger partial charge in [0.1, 0.15) is 17.0 Å². The predicted octanol–water partition coefficient (Wildman–Crippen LogP) is 4.80. The molecule has 0 fully saturated rings. The van der Waals surface area contributed by atoms with Gasteiger partial charge in [-0.2, -0.15) is 0 Å². The zero-order valence-electron chi connectivity index (χ0n) is 13.8. The maximum Gasteiger partial charge on any atom is 0.349 e. The van der Waals surface area contributed by atoms with Gasteiger partial charge in [0.15, 0.2) is 0 Å². The topological polar surface area (TPSA) is 69.1 Å². The molecule has 0 unspecified atom stereocenters. The van der Waals surface area contributed by atoms with Crippen LogP contribution in [0.2, 0.25) is 0 Å². The van der Waals surface area contributed by atoms with Crippen molar-refractivity contribution in [3.63, 3.8) is 0 Å². The lowest BCUT2D eigenvalue weighted by molar-refractivity contribution is 0.547. The van der Waals surface area contributed by atoms with Gasteiger partial charge in [0.25, 0.3) is 5.89 Å². The lowest BCUT2D eigenvalue weighted by Crippen LogP contribution is -2.03. The van der Waals surface area contributed by atoms with Gasteiger partial charge in [-0.1, -0.05) is 36.4 Å². The first kappa shape index (κ1) is 15.5. The van der Waals surface area contributed by atoms with Crippen LogP contribution >= 0.6 is 0 Å². The van der Waals surface area contributed by atoms with Gasteiger partial charge in [0.05, 0.1) is 0 Å². The summed E-state index contributed by atoms with van der Waals surface area (Å²) in [7, 11) is 0. The summed E-state index contributed by atoms with van der Waals surface area (Å²) >= 11 is 0. The Labute approximate surface area is 151 Å². The van der Waals surface area contributed by atoms with Gasteiger partial charge in [-0.25, -0.2) is 9.18 Å². The maximum atomic E-state index is 13.4. The first-order chi connectivity index (χ1) is 13.2. The van der Waals surface area contributed by atoms with Gasteiger partial charge in [0.2, 0.25) is 5.89 Å². The zero-order chi connectivity index (χ0) is 18.4. The number of hydrogen-bond donors (Lipinski definition) is 0. The summed E-state index contributed by atoms with van der Waals surface area (Å²) in [4.78, 5) is 12.4. The van der Waals surface area contributed by atoms with Gasteiger partial charge >= 0.3 is 5.63 Å². The zero-order valence-corrected chi connectivity index (χ0v) is 13.8. The van der Waals surface area contributed by atoms with E-state index in [1.54, 1.807) is 24.3 Å². The molecule has 0 saturated heterocycles. The normalized spacial score (nSPS) is 11.3. The molecule has 2 aromatic heterocycles. The first-order valence-corrected chi connectivity index (χ1v) is 8.24. The van der Waals surface area contributed by atoms with Crippen LogP contribution in [0.15, 0.2) is 80.4 Å². The van der Waals surface area contributed by atoms with Crippen molar-refractivity contribution >= 4 is 21.7 Å². The van der Waals surface area contributed by atoms with E-state index in [0.717, 1.165) is 16.2 Å². The second kappa shape index (κ2) is 5.88. The van der Waals surface area contributed by atoms with Crippen molar-refractivity contribution in [3.05, 3.63) is 83.0 Å². The predicted molar refractivity (Wildman–Crippen MR) is 98.7 cm³/mol. The molecule has 0 amide bonds. The standard InChI is InChI=1S/C21H11FN2O3/c22-14-6-3-5-13(10-14)19-23-24-20(27-19)17-11-16-15-7-2-1-4-12(15)8-9-18(16)26-21(17)25/h1-11H. The third-order valence-corrected chi connectivity index (χ3v) is 4.37. The highest BCUT2D eigenvalue weighted by molar-refractivity contribution is 6.06. The summed E-state index contributed by atoms with van der Waals surface area (Å²) < 4.78 is 24.5. The van der Waals surface area contributed by atoms with Crippen molar-refractivity contribution in [2.45, 2.75) is 0 Å². The third kappa shape index (κ3) is 2.58. The molecule has 6 heteroatoms. The molecular weight excluding hydrogens is 347 g/mol. The number of aromatic nitrogens is 2. The Morgan fingerprint density at radius 1 is 0.778 bits per heavy atom. The third-order valence-electron chi connectivity index (χ3n) is 4.37. The molecule has 5 rings (SSSR count). The van der Waals surface area contributed by atoms with E-state index in [1.165, 1.54) is 12.1 Å². The minimum atomic E-state index is -0.577. The Hall–Kier alpha value is -3.80. The Kier molecular flexibility index (Phi) is 3.36. The van der Waals surface area contributed by atoms with Gasteiger partial charge in [-0.15, -0.1) is 10.2 Å². The number of nitrogens with zero attached hydrogens (tertiary/aromatic N) is 2. The van der Waals surface area contributed by atoms with Crippen molar-refractivity contribution in [1.29, 1.82) is 0 Å². The second-order valence-corrected chi connectivity index (χ2v) is 6.07. The van der Waals surface area contributed by atoms with Crippen LogP contribution in [-0.4, -0.2) is 10.2 Å². The smallest absolute Gasteiger partial charge is 0.349 e. The Balaban J connectivity index is 1.70. The molecule has 3 aromatic carbocycles. The van der Waals surface area contributed by atoms with Gasteiger partial charge < -0.3 is 8.83 Å². The summed E-state index contributed by atoms with van der Waals surface area (Å²) in [6.07, 6.45) is 0. The fraction of sp³-hybridized carbons (Fsp3) is 0. The van der Waals surface area contributed by atoms with Gasteiger partial charge in [-0.3, -0.25) is 0 Å². The highest BCUT2D eigenvalue weighted by atomic mass is 19.1. The monoisotopic (exact) mass is 358 g/mol. The van der Waals surface area contributed by atoms with Crippen LogP contribution < -0.4 is 5.63 Å². The number of halogens is 1. The lowest BCUT2D eigenvalue weighted by Gasteiger charge is -2.03. The van der Waals surface area contributed by atoms with E-state index in [-0.39, 0.29) is 17.3 Å². The molecule has 0 spiro atoms. The average Bonchev–Trinajstić information content (AvgIpc) is 3.17. The molecule has 0 aliphatic rings. The summed E-state index contributed by atoms with van der Waals surface area (Å²) in [5, 5.41) is 10.6. The van der Waals surface area contributed by atoms with Crippen molar-refractivity contribution in [2.75, 3.05) is 0 Å². The van der Waals surface area contributed by atoms with Crippen LogP contribution in [0.3, 0.4) is 0 Å². The Morgan fingerprint density at radius 2 is 1.63 bits per heavy atom. The largest absolute Gasteiger partial charge is 0.422 e. The van der Waals surface area contributed by atoms with Crippen molar-refractivity contribution in [3.8, 4) is 22.9 Å². The molecule has 0 radical (unpaired) electrons. The van der Waals surface area contributed by atoms with Crippen molar-refractivity contribution in [2.24, 2.45) is 0 Å². The number of fused-ring (bicyclic) bond motifs is 3. The molecule has 0 atom stereocenters. The van der Waals surface area contributed by atoms with Crippen molar-refractivity contribution in [1.82, 2.24) is 10.2 Å². The molecular formula is C21H11FN2O3. The molecule has 0 aliphatic carbocycles. The van der Waals surface area contributed by atoms with Crippen LogP contribution in [0.25, 0.3) is 44.7 Å². The molecule has 0 saturated carbocycles. The van der Waals surface area contributed by atoms with Crippen LogP contribution in [-0.2, 0) is 0 Å². The molecule has 27 heavy (non-hydrogen) atoms. The summed E-state index contributed by atoms with van der Waals surface area (Å²) in [6, 6.07) is 18.9.